The van der Waals surface area contributed by atoms with Crippen molar-refractivity contribution in [3.05, 3.63) is 29.8 Å². The molecule has 1 aromatic rings. The van der Waals surface area contributed by atoms with Crippen molar-refractivity contribution in [2.24, 2.45) is 0 Å². The molecule has 0 heterocycles. The number of nitrogens with two attached hydrogens (primary N) is 1. The number of nitrogens with one attached hydrogen (secondary N) is 1. The predicted molar refractivity (Wildman–Crippen MR) is 66.4 cm³/mol. The van der Waals surface area contributed by atoms with E-state index in [0.717, 1.165) is 24.1 Å². The second-order valence-electron chi connectivity index (χ2n) is 4.73. The number of benzene rings is 1. The lowest BCUT2D eigenvalue weighted by Crippen LogP contribution is -2.39. The average molecular weight is 234 g/mol. The van der Waals surface area contributed by atoms with Crippen LogP contribution in [-0.2, 0) is 11.2 Å². The molecule has 0 radical (unpaired) electrons. The van der Waals surface area contributed by atoms with Crippen LogP contribution in [0.5, 0.6) is 0 Å². The van der Waals surface area contributed by atoms with Gasteiger partial charge < -0.3 is 16.2 Å². The van der Waals surface area contributed by atoms with Crippen LogP contribution in [0.3, 0.4) is 0 Å². The Hall–Kier alpha value is -1.55. The Morgan fingerprint density at radius 2 is 2.24 bits per heavy atom. The van der Waals surface area contributed by atoms with Gasteiger partial charge in [-0.25, -0.2) is 0 Å². The Balaban J connectivity index is 1.80. The lowest BCUT2D eigenvalue weighted by Gasteiger charge is -2.14. The van der Waals surface area contributed by atoms with Gasteiger partial charge >= 0.3 is 0 Å². The number of nitrogen functional groups attached to an aromatic ring is 1. The first-order valence-corrected chi connectivity index (χ1v) is 5.90. The van der Waals surface area contributed by atoms with Crippen LogP contribution in [0.2, 0.25) is 0 Å². The summed E-state index contributed by atoms with van der Waals surface area (Å²) in [6.45, 7) is 0.0387. The van der Waals surface area contributed by atoms with Crippen molar-refractivity contribution in [3.8, 4) is 0 Å². The summed E-state index contributed by atoms with van der Waals surface area (Å²) in [5.74, 6) is -0.000950. The van der Waals surface area contributed by atoms with Gasteiger partial charge in [-0.1, -0.05) is 12.1 Å². The van der Waals surface area contributed by atoms with Crippen molar-refractivity contribution in [3.63, 3.8) is 0 Å². The number of hydrogen-bond donors (Lipinski definition) is 3. The van der Waals surface area contributed by atoms with Crippen LogP contribution in [0.15, 0.2) is 24.3 Å². The first-order valence-electron chi connectivity index (χ1n) is 5.90. The molecule has 0 aliphatic heterocycles. The van der Waals surface area contributed by atoms with Crippen molar-refractivity contribution in [1.82, 2.24) is 5.32 Å². The number of aliphatic hydroxyl groups is 1. The molecule has 4 N–H and O–H groups in total. The fourth-order valence-corrected chi connectivity index (χ4v) is 1.84. The van der Waals surface area contributed by atoms with Gasteiger partial charge in [0.2, 0.25) is 5.91 Å². The topological polar surface area (TPSA) is 75.4 Å². The molecule has 1 fully saturated rings. The average Bonchev–Trinajstić information content (AvgIpc) is 3.07. The fourth-order valence-electron chi connectivity index (χ4n) is 1.84. The molecule has 4 heteroatoms. The first kappa shape index (κ1) is 11.9. The van der Waals surface area contributed by atoms with E-state index < -0.39 is 0 Å². The zero-order valence-electron chi connectivity index (χ0n) is 9.78. The molecule has 17 heavy (non-hydrogen) atoms. The number of carbonyl (C=O) groups is 1. The quantitative estimate of drug-likeness (QED) is 0.661. The van der Waals surface area contributed by atoms with E-state index in [1.807, 2.05) is 24.3 Å². The fraction of sp³-hybridized carbons (Fsp3) is 0.462. The minimum atomic E-state index is -0.313. The summed E-state index contributed by atoms with van der Waals surface area (Å²) < 4.78 is 0. The van der Waals surface area contributed by atoms with Crippen molar-refractivity contribution in [1.29, 1.82) is 0 Å². The van der Waals surface area contributed by atoms with Gasteiger partial charge in [-0.2, -0.15) is 0 Å². The molecule has 1 aromatic carbocycles. The standard InChI is InChI=1S/C13H18N2O2/c14-11-3-1-2-10(8-11)4-5-12(17)15-13(9-16)6-7-13/h1-3,8,16H,4-7,9,14H2,(H,15,17). The summed E-state index contributed by atoms with van der Waals surface area (Å²) in [6, 6.07) is 7.56. The number of anilines is 1. The number of rotatable bonds is 5. The van der Waals surface area contributed by atoms with Crippen molar-refractivity contribution >= 4 is 11.6 Å². The van der Waals surface area contributed by atoms with Gasteiger partial charge in [0.25, 0.3) is 0 Å². The second-order valence-corrected chi connectivity index (χ2v) is 4.73. The van der Waals surface area contributed by atoms with Gasteiger partial charge in [-0.3, -0.25) is 4.79 Å². The third-order valence-corrected chi connectivity index (χ3v) is 3.15. The van der Waals surface area contributed by atoms with Crippen LogP contribution in [-0.4, -0.2) is 23.2 Å². The van der Waals surface area contributed by atoms with E-state index in [9.17, 15) is 4.79 Å². The molecule has 0 spiro atoms. The van der Waals surface area contributed by atoms with Crippen molar-refractivity contribution in [2.75, 3.05) is 12.3 Å². The van der Waals surface area contributed by atoms with Crippen molar-refractivity contribution < 1.29 is 9.90 Å². The molecule has 0 unspecified atom stereocenters. The smallest absolute Gasteiger partial charge is 0.220 e. The summed E-state index contributed by atoms with van der Waals surface area (Å²) in [6.07, 6.45) is 2.88. The summed E-state index contributed by atoms with van der Waals surface area (Å²) in [7, 11) is 0. The Bertz CT molecular complexity index is 414. The molecular formula is C13H18N2O2. The molecule has 1 aliphatic carbocycles. The van der Waals surface area contributed by atoms with Gasteiger partial charge in [0.1, 0.15) is 0 Å². The second kappa shape index (κ2) is 4.75. The highest BCUT2D eigenvalue weighted by Gasteiger charge is 2.43. The monoisotopic (exact) mass is 234 g/mol. The minimum absolute atomic E-state index is 0.000950. The Kier molecular flexibility index (Phi) is 3.33. The largest absolute Gasteiger partial charge is 0.399 e. The van der Waals surface area contributed by atoms with Gasteiger partial charge in [0, 0.05) is 12.1 Å². The number of aliphatic hydroxyl groups excluding tert-OH is 1. The van der Waals surface area contributed by atoms with Crippen LogP contribution in [0.1, 0.15) is 24.8 Å². The summed E-state index contributed by atoms with van der Waals surface area (Å²) in [4.78, 5) is 11.7. The van der Waals surface area contributed by atoms with Crippen LogP contribution in [0.4, 0.5) is 5.69 Å². The molecular weight excluding hydrogens is 216 g/mol. The Morgan fingerprint density at radius 1 is 1.47 bits per heavy atom. The molecule has 1 saturated carbocycles. The Labute approximate surface area is 101 Å². The summed E-state index contributed by atoms with van der Waals surface area (Å²) in [5, 5.41) is 12.0. The van der Waals surface area contributed by atoms with Crippen LogP contribution >= 0.6 is 0 Å². The molecule has 1 aliphatic rings. The third kappa shape index (κ3) is 3.20. The normalized spacial score (nSPS) is 16.5. The number of hydrogen-bond acceptors (Lipinski definition) is 3. The predicted octanol–water partition coefficient (Wildman–Crippen LogP) is 0.842. The molecule has 4 nitrogen and oxygen atoms in total. The van der Waals surface area contributed by atoms with E-state index in [-0.39, 0.29) is 18.1 Å². The van der Waals surface area contributed by atoms with Gasteiger partial charge in [-0.15, -0.1) is 0 Å². The molecule has 0 atom stereocenters. The number of carbonyl (C=O) groups excluding carboxylic acids is 1. The SMILES string of the molecule is Nc1cccc(CCC(=O)NC2(CO)CC2)c1. The third-order valence-electron chi connectivity index (χ3n) is 3.15. The lowest BCUT2D eigenvalue weighted by atomic mass is 10.1. The molecule has 0 bridgehead atoms. The highest BCUT2D eigenvalue weighted by atomic mass is 16.3. The van der Waals surface area contributed by atoms with E-state index in [2.05, 4.69) is 5.32 Å². The van der Waals surface area contributed by atoms with E-state index in [4.69, 9.17) is 10.8 Å². The van der Waals surface area contributed by atoms with Gasteiger partial charge in [-0.05, 0) is 37.0 Å². The number of amides is 1. The number of aryl methyl sites for hydroxylation is 1. The molecule has 0 saturated heterocycles. The molecule has 92 valence electrons. The molecule has 1 amide bonds. The summed E-state index contributed by atoms with van der Waals surface area (Å²) in [5.41, 5.74) is 7.14. The van der Waals surface area contributed by atoms with Crippen LogP contribution in [0.25, 0.3) is 0 Å². The lowest BCUT2D eigenvalue weighted by molar-refractivity contribution is -0.122. The van der Waals surface area contributed by atoms with E-state index in [1.165, 1.54) is 0 Å². The van der Waals surface area contributed by atoms with Gasteiger partial charge in [0.15, 0.2) is 0 Å². The summed E-state index contributed by atoms with van der Waals surface area (Å²) >= 11 is 0. The highest BCUT2D eigenvalue weighted by molar-refractivity contribution is 5.77. The maximum absolute atomic E-state index is 11.7. The van der Waals surface area contributed by atoms with Crippen molar-refractivity contribution in [2.45, 2.75) is 31.2 Å². The zero-order valence-corrected chi connectivity index (χ0v) is 9.78. The molecule has 2 rings (SSSR count). The van der Waals surface area contributed by atoms with Gasteiger partial charge in [0.05, 0.1) is 12.1 Å². The van der Waals surface area contributed by atoms with Crippen LogP contribution < -0.4 is 11.1 Å². The Morgan fingerprint density at radius 3 is 2.82 bits per heavy atom. The van der Waals surface area contributed by atoms with E-state index in [0.29, 0.717) is 12.8 Å². The first-order chi connectivity index (χ1) is 8.13. The maximum Gasteiger partial charge on any atom is 0.220 e. The van der Waals surface area contributed by atoms with E-state index in [1.54, 1.807) is 0 Å². The van der Waals surface area contributed by atoms with Crippen LogP contribution in [0, 0.1) is 0 Å². The maximum atomic E-state index is 11.7. The highest BCUT2D eigenvalue weighted by Crippen LogP contribution is 2.34. The minimum Gasteiger partial charge on any atom is -0.399 e. The zero-order chi connectivity index (χ0) is 12.3. The van der Waals surface area contributed by atoms with E-state index >= 15 is 0 Å². The molecule has 0 aromatic heterocycles.